The van der Waals surface area contributed by atoms with E-state index in [4.69, 9.17) is 5.11 Å². The number of carbonyl (C=O) groups excluding carboxylic acids is 1. The largest absolute Gasteiger partial charge is 0.478 e. The zero-order chi connectivity index (χ0) is 16.6. The van der Waals surface area contributed by atoms with Crippen LogP contribution in [0.5, 0.6) is 0 Å². The van der Waals surface area contributed by atoms with Crippen molar-refractivity contribution in [3.8, 4) is 0 Å². The average molecular weight is 329 g/mol. The molecule has 1 aliphatic heterocycles. The quantitative estimate of drug-likeness (QED) is 0.690. The third kappa shape index (κ3) is 2.61. The van der Waals surface area contributed by atoms with Crippen molar-refractivity contribution < 1.29 is 19.1 Å². The minimum Gasteiger partial charge on any atom is -0.478 e. The summed E-state index contributed by atoms with van der Waals surface area (Å²) in [6.07, 6.45) is 2.80. The fourth-order valence-corrected chi connectivity index (χ4v) is 3.16. The highest BCUT2D eigenvalue weighted by molar-refractivity contribution is 7.98. The molecule has 0 saturated carbocycles. The summed E-state index contributed by atoms with van der Waals surface area (Å²) in [7, 11) is 0. The number of aliphatic carboxylic acids is 1. The lowest BCUT2D eigenvalue weighted by atomic mass is 10.1. The monoisotopic (exact) mass is 329 g/mol. The van der Waals surface area contributed by atoms with E-state index in [-0.39, 0.29) is 22.7 Å². The maximum Gasteiger partial charge on any atom is 0.330 e. The molecule has 1 amide bonds. The second-order valence-corrected chi connectivity index (χ2v) is 5.72. The highest BCUT2D eigenvalue weighted by Crippen LogP contribution is 2.40. The van der Waals surface area contributed by atoms with E-state index >= 15 is 0 Å². The Labute approximate surface area is 136 Å². The van der Waals surface area contributed by atoms with Gasteiger partial charge in [-0.2, -0.15) is 0 Å². The Balaban J connectivity index is 2.25. The Bertz CT molecular complexity index is 847. The van der Waals surface area contributed by atoms with E-state index < -0.39 is 11.8 Å². The molecule has 0 bridgehead atoms. The second-order valence-electron chi connectivity index (χ2n) is 4.87. The number of halogens is 1. The van der Waals surface area contributed by atoms with Crippen LogP contribution in [-0.4, -0.2) is 23.2 Å². The van der Waals surface area contributed by atoms with E-state index in [9.17, 15) is 14.0 Å². The van der Waals surface area contributed by atoms with E-state index in [0.717, 1.165) is 11.0 Å². The molecule has 0 saturated heterocycles. The SMILES string of the molecule is CSc1ccccc1N1C(=O)c2ccc(F)cc2C1=CC(=O)O. The van der Waals surface area contributed by atoms with Gasteiger partial charge in [-0.15, -0.1) is 11.8 Å². The van der Waals surface area contributed by atoms with Crippen molar-refractivity contribution >= 4 is 35.0 Å². The maximum absolute atomic E-state index is 13.6. The fourth-order valence-electron chi connectivity index (χ4n) is 2.58. The number of carboxylic acids is 1. The summed E-state index contributed by atoms with van der Waals surface area (Å²) in [5.74, 6) is -2.08. The third-order valence-corrected chi connectivity index (χ3v) is 4.30. The first-order chi connectivity index (χ1) is 11.0. The zero-order valence-corrected chi connectivity index (χ0v) is 12.9. The van der Waals surface area contributed by atoms with Gasteiger partial charge < -0.3 is 5.11 Å². The Morgan fingerprint density at radius 2 is 1.96 bits per heavy atom. The molecule has 6 heteroatoms. The smallest absolute Gasteiger partial charge is 0.330 e. The number of para-hydroxylation sites is 1. The van der Waals surface area contributed by atoms with Crippen LogP contribution in [0.1, 0.15) is 15.9 Å². The van der Waals surface area contributed by atoms with Crippen LogP contribution in [0.4, 0.5) is 10.1 Å². The van der Waals surface area contributed by atoms with E-state index in [1.165, 1.54) is 34.9 Å². The lowest BCUT2D eigenvalue weighted by molar-refractivity contribution is -0.131. The van der Waals surface area contributed by atoms with Gasteiger partial charge in [0.15, 0.2) is 0 Å². The Hall–Kier alpha value is -2.60. The zero-order valence-electron chi connectivity index (χ0n) is 12.1. The van der Waals surface area contributed by atoms with Crippen LogP contribution in [0.15, 0.2) is 53.4 Å². The fraction of sp³-hybridized carbons (Fsp3) is 0.0588. The molecule has 4 nitrogen and oxygen atoms in total. The first kappa shape index (κ1) is 15.3. The summed E-state index contributed by atoms with van der Waals surface area (Å²) < 4.78 is 13.6. The lowest BCUT2D eigenvalue weighted by Gasteiger charge is -2.20. The number of thioether (sulfide) groups is 1. The molecule has 0 fully saturated rings. The molecule has 116 valence electrons. The number of carboxylic acid groups (broad SMARTS) is 1. The molecule has 1 heterocycles. The molecule has 0 radical (unpaired) electrons. The number of anilines is 1. The van der Waals surface area contributed by atoms with Gasteiger partial charge in [0.25, 0.3) is 5.91 Å². The summed E-state index contributed by atoms with van der Waals surface area (Å²) in [5, 5.41) is 9.13. The second kappa shape index (κ2) is 5.89. The molecule has 0 aliphatic carbocycles. The van der Waals surface area contributed by atoms with Gasteiger partial charge in [0.1, 0.15) is 5.82 Å². The predicted molar refractivity (Wildman–Crippen MR) is 87.0 cm³/mol. The van der Waals surface area contributed by atoms with Gasteiger partial charge in [-0.05, 0) is 36.6 Å². The standard InChI is InChI=1S/C17H12FNO3S/c1-23-15-5-3-2-4-13(15)19-14(9-16(20)21)12-8-10(18)6-7-11(12)17(19)22/h2-9H,1H3,(H,20,21). The summed E-state index contributed by atoms with van der Waals surface area (Å²) >= 11 is 1.44. The van der Waals surface area contributed by atoms with Gasteiger partial charge in [-0.1, -0.05) is 12.1 Å². The van der Waals surface area contributed by atoms with Crippen LogP contribution < -0.4 is 4.90 Å². The Morgan fingerprint density at radius 3 is 2.65 bits per heavy atom. The minimum absolute atomic E-state index is 0.165. The molecule has 1 aliphatic rings. The molecular formula is C17H12FNO3S. The van der Waals surface area contributed by atoms with E-state index in [2.05, 4.69) is 0 Å². The van der Waals surface area contributed by atoms with E-state index in [1.807, 2.05) is 18.4 Å². The van der Waals surface area contributed by atoms with Crippen molar-refractivity contribution in [1.82, 2.24) is 0 Å². The lowest BCUT2D eigenvalue weighted by Crippen LogP contribution is -2.23. The van der Waals surface area contributed by atoms with Gasteiger partial charge in [0, 0.05) is 22.1 Å². The van der Waals surface area contributed by atoms with Crippen molar-refractivity contribution in [2.45, 2.75) is 4.90 Å². The Morgan fingerprint density at radius 1 is 1.22 bits per heavy atom. The number of benzene rings is 2. The molecular weight excluding hydrogens is 317 g/mol. The highest BCUT2D eigenvalue weighted by atomic mass is 32.2. The topological polar surface area (TPSA) is 57.6 Å². The molecule has 0 spiro atoms. The van der Waals surface area contributed by atoms with E-state index in [1.54, 1.807) is 12.1 Å². The first-order valence-electron chi connectivity index (χ1n) is 6.75. The maximum atomic E-state index is 13.6. The highest BCUT2D eigenvalue weighted by Gasteiger charge is 2.35. The Kier molecular flexibility index (Phi) is 3.92. The van der Waals surface area contributed by atoms with Crippen LogP contribution in [0.25, 0.3) is 5.70 Å². The van der Waals surface area contributed by atoms with Crippen molar-refractivity contribution in [2.75, 3.05) is 11.2 Å². The van der Waals surface area contributed by atoms with Crippen molar-refractivity contribution in [3.63, 3.8) is 0 Å². The van der Waals surface area contributed by atoms with Crippen LogP contribution in [0.3, 0.4) is 0 Å². The summed E-state index contributed by atoms with van der Waals surface area (Å²) in [5.41, 5.74) is 1.32. The number of rotatable bonds is 3. The number of carbonyl (C=O) groups is 2. The normalized spacial score (nSPS) is 15.1. The number of amides is 1. The van der Waals surface area contributed by atoms with Gasteiger partial charge in [0.05, 0.1) is 11.4 Å². The molecule has 2 aromatic carbocycles. The minimum atomic E-state index is -1.20. The van der Waals surface area contributed by atoms with Crippen LogP contribution >= 0.6 is 11.8 Å². The van der Waals surface area contributed by atoms with Gasteiger partial charge >= 0.3 is 5.97 Å². The third-order valence-electron chi connectivity index (χ3n) is 3.52. The number of fused-ring (bicyclic) bond motifs is 1. The number of hydrogen-bond acceptors (Lipinski definition) is 3. The summed E-state index contributed by atoms with van der Waals surface area (Å²) in [6.45, 7) is 0. The molecule has 2 aromatic rings. The van der Waals surface area contributed by atoms with Gasteiger partial charge in [0.2, 0.25) is 0 Å². The van der Waals surface area contributed by atoms with Crippen LogP contribution in [-0.2, 0) is 4.79 Å². The number of nitrogens with zero attached hydrogens (tertiary/aromatic N) is 1. The molecule has 3 rings (SSSR count). The van der Waals surface area contributed by atoms with Crippen molar-refractivity contribution in [2.24, 2.45) is 0 Å². The van der Waals surface area contributed by atoms with Crippen molar-refractivity contribution in [3.05, 3.63) is 65.5 Å². The molecule has 0 aromatic heterocycles. The molecule has 23 heavy (non-hydrogen) atoms. The van der Waals surface area contributed by atoms with Crippen molar-refractivity contribution in [1.29, 1.82) is 0 Å². The average Bonchev–Trinajstić information content (AvgIpc) is 2.78. The van der Waals surface area contributed by atoms with Gasteiger partial charge in [-0.25, -0.2) is 9.18 Å². The predicted octanol–water partition coefficient (Wildman–Crippen LogP) is 3.63. The van der Waals surface area contributed by atoms with Gasteiger partial charge in [-0.3, -0.25) is 9.69 Å². The van der Waals surface area contributed by atoms with E-state index in [0.29, 0.717) is 5.69 Å². The van der Waals surface area contributed by atoms with Crippen LogP contribution in [0.2, 0.25) is 0 Å². The summed E-state index contributed by atoms with van der Waals surface area (Å²) in [6, 6.07) is 10.9. The van der Waals surface area contributed by atoms with Crippen LogP contribution in [0, 0.1) is 5.82 Å². The first-order valence-corrected chi connectivity index (χ1v) is 7.97. The molecule has 0 atom stereocenters. The summed E-state index contributed by atoms with van der Waals surface area (Å²) in [4.78, 5) is 26.1. The molecule has 1 N–H and O–H groups in total. The molecule has 0 unspecified atom stereocenters. The number of hydrogen-bond donors (Lipinski definition) is 1.